The Balaban J connectivity index is 1.98. The first-order valence-electron chi connectivity index (χ1n) is 8.10. The van der Waals surface area contributed by atoms with Crippen LogP contribution in [0.3, 0.4) is 0 Å². The molecule has 5 nitrogen and oxygen atoms in total. The van der Waals surface area contributed by atoms with Crippen LogP contribution in [0.4, 0.5) is 5.69 Å². The zero-order valence-electron chi connectivity index (χ0n) is 13.2. The third kappa shape index (κ3) is 2.80. The van der Waals surface area contributed by atoms with Crippen molar-refractivity contribution in [1.29, 1.82) is 0 Å². The molecule has 2 N–H and O–H groups in total. The van der Waals surface area contributed by atoms with Crippen molar-refractivity contribution >= 4 is 22.7 Å². The van der Waals surface area contributed by atoms with Crippen LogP contribution in [0.15, 0.2) is 18.5 Å². The number of anilines is 1. The molecule has 1 aliphatic rings. The van der Waals surface area contributed by atoms with Crippen molar-refractivity contribution in [3.8, 4) is 0 Å². The molecule has 1 fully saturated rings. The van der Waals surface area contributed by atoms with Crippen molar-refractivity contribution in [2.45, 2.75) is 45.6 Å². The van der Waals surface area contributed by atoms with Crippen LogP contribution in [0.2, 0.25) is 0 Å². The predicted molar refractivity (Wildman–Crippen MR) is 87.1 cm³/mol. The maximum absolute atomic E-state index is 12.2. The van der Waals surface area contributed by atoms with Gasteiger partial charge in [0.2, 0.25) is 0 Å². The quantitative estimate of drug-likeness (QED) is 0.844. The van der Waals surface area contributed by atoms with Gasteiger partial charge >= 0.3 is 5.97 Å². The molecule has 5 heteroatoms. The lowest BCUT2D eigenvalue weighted by Crippen LogP contribution is -2.31. The van der Waals surface area contributed by atoms with Gasteiger partial charge in [-0.25, -0.2) is 9.78 Å². The molecule has 2 heterocycles. The number of carbonyl (C=O) groups excluding carboxylic acids is 1. The minimum atomic E-state index is -0.316. The highest BCUT2D eigenvalue weighted by molar-refractivity contribution is 6.04. The summed E-state index contributed by atoms with van der Waals surface area (Å²) in [5, 5.41) is 4.55. The monoisotopic (exact) mass is 301 g/mol. The summed E-state index contributed by atoms with van der Waals surface area (Å²) < 4.78 is 5.18. The lowest BCUT2D eigenvalue weighted by molar-refractivity contribution is 0.0527. The van der Waals surface area contributed by atoms with Gasteiger partial charge in [0.05, 0.1) is 12.3 Å². The van der Waals surface area contributed by atoms with Crippen LogP contribution in [-0.2, 0) is 4.74 Å². The average molecular weight is 301 g/mol. The number of nitrogens with one attached hydrogen (secondary N) is 2. The second-order valence-corrected chi connectivity index (χ2v) is 6.02. The first kappa shape index (κ1) is 14.9. The van der Waals surface area contributed by atoms with Crippen LogP contribution in [-0.4, -0.2) is 28.6 Å². The number of carbonyl (C=O) groups is 1. The Hall–Kier alpha value is -2.04. The van der Waals surface area contributed by atoms with E-state index in [1.807, 2.05) is 19.2 Å². The van der Waals surface area contributed by atoms with E-state index in [0.717, 1.165) is 23.1 Å². The van der Waals surface area contributed by atoms with Crippen molar-refractivity contribution in [3.05, 3.63) is 24.0 Å². The number of nitrogens with zero attached hydrogens (tertiary/aromatic N) is 1. The first-order valence-corrected chi connectivity index (χ1v) is 8.10. The number of fused-ring (bicyclic) bond motifs is 1. The Morgan fingerprint density at radius 2 is 2.27 bits per heavy atom. The van der Waals surface area contributed by atoms with E-state index in [-0.39, 0.29) is 5.97 Å². The predicted octanol–water partition coefficient (Wildman–Crippen LogP) is 3.73. The van der Waals surface area contributed by atoms with Crippen LogP contribution in [0.1, 0.15) is 49.9 Å². The number of pyridine rings is 1. The lowest BCUT2D eigenvalue weighted by Gasteiger charge is -2.31. The van der Waals surface area contributed by atoms with Gasteiger partial charge in [-0.3, -0.25) is 0 Å². The van der Waals surface area contributed by atoms with Gasteiger partial charge in [-0.1, -0.05) is 19.8 Å². The molecule has 3 rings (SSSR count). The van der Waals surface area contributed by atoms with E-state index in [0.29, 0.717) is 24.1 Å². The Morgan fingerprint density at radius 1 is 1.45 bits per heavy atom. The molecule has 0 bridgehead atoms. The standard InChI is InChI=1S/C17H23N3O2/c1-3-22-17(21)13-10-19-16-12(8-9-18-16)15(13)20-14-7-5-4-6-11(14)2/h8-11,14H,3-7H2,1-2H3,(H2,18,19,20)/t11-,14+/m0/s1. The van der Waals surface area contributed by atoms with Crippen LogP contribution >= 0.6 is 0 Å². The lowest BCUT2D eigenvalue weighted by atomic mass is 9.85. The smallest absolute Gasteiger partial charge is 0.341 e. The maximum Gasteiger partial charge on any atom is 0.341 e. The highest BCUT2D eigenvalue weighted by atomic mass is 16.5. The summed E-state index contributed by atoms with van der Waals surface area (Å²) in [5.41, 5.74) is 2.16. The third-order valence-electron chi connectivity index (χ3n) is 4.52. The normalized spacial score (nSPS) is 21.7. The number of aromatic amines is 1. The van der Waals surface area contributed by atoms with Crippen molar-refractivity contribution in [1.82, 2.24) is 9.97 Å². The van der Waals surface area contributed by atoms with E-state index in [2.05, 4.69) is 22.2 Å². The average Bonchev–Trinajstić information content (AvgIpc) is 2.99. The van der Waals surface area contributed by atoms with Gasteiger partial charge in [0, 0.05) is 23.8 Å². The van der Waals surface area contributed by atoms with E-state index in [1.165, 1.54) is 19.3 Å². The van der Waals surface area contributed by atoms with Crippen molar-refractivity contribution in [2.75, 3.05) is 11.9 Å². The van der Waals surface area contributed by atoms with Gasteiger partial charge in [0.1, 0.15) is 11.2 Å². The second-order valence-electron chi connectivity index (χ2n) is 6.02. The van der Waals surface area contributed by atoms with Gasteiger partial charge in [0.25, 0.3) is 0 Å². The number of ether oxygens (including phenoxy) is 1. The van der Waals surface area contributed by atoms with Crippen LogP contribution in [0.25, 0.3) is 11.0 Å². The first-order chi connectivity index (χ1) is 10.7. The van der Waals surface area contributed by atoms with Crippen LogP contribution in [0, 0.1) is 5.92 Å². The molecule has 1 saturated carbocycles. The summed E-state index contributed by atoms with van der Waals surface area (Å²) in [6.45, 7) is 4.45. The molecule has 0 saturated heterocycles. The third-order valence-corrected chi connectivity index (χ3v) is 4.52. The molecule has 0 amide bonds. The number of H-pyrrole nitrogens is 1. The molecule has 2 atom stereocenters. The second kappa shape index (κ2) is 6.38. The SMILES string of the molecule is CCOC(=O)c1cnc2[nH]ccc2c1N[C@@H]1CCCC[C@@H]1C. The fourth-order valence-corrected chi connectivity index (χ4v) is 3.24. The Morgan fingerprint density at radius 3 is 3.05 bits per heavy atom. The number of esters is 1. The van der Waals surface area contributed by atoms with E-state index in [1.54, 1.807) is 6.20 Å². The molecule has 22 heavy (non-hydrogen) atoms. The summed E-state index contributed by atoms with van der Waals surface area (Å²) in [7, 11) is 0. The summed E-state index contributed by atoms with van der Waals surface area (Å²) in [6.07, 6.45) is 8.35. The van der Waals surface area contributed by atoms with Gasteiger partial charge in [-0.15, -0.1) is 0 Å². The zero-order chi connectivity index (χ0) is 15.5. The maximum atomic E-state index is 12.2. The fraction of sp³-hybridized carbons (Fsp3) is 0.529. The van der Waals surface area contributed by atoms with E-state index < -0.39 is 0 Å². The van der Waals surface area contributed by atoms with E-state index in [9.17, 15) is 4.79 Å². The highest BCUT2D eigenvalue weighted by Gasteiger charge is 2.25. The number of aromatic nitrogens is 2. The van der Waals surface area contributed by atoms with E-state index in [4.69, 9.17) is 4.74 Å². The van der Waals surface area contributed by atoms with E-state index >= 15 is 0 Å². The number of hydrogen-bond acceptors (Lipinski definition) is 4. The Labute approximate surface area is 130 Å². The summed E-state index contributed by atoms with van der Waals surface area (Å²) in [4.78, 5) is 19.7. The summed E-state index contributed by atoms with van der Waals surface area (Å²) >= 11 is 0. The highest BCUT2D eigenvalue weighted by Crippen LogP contribution is 2.32. The van der Waals surface area contributed by atoms with Gasteiger partial charge < -0.3 is 15.0 Å². The molecule has 0 radical (unpaired) electrons. The minimum absolute atomic E-state index is 0.316. The topological polar surface area (TPSA) is 67.0 Å². The zero-order valence-corrected chi connectivity index (χ0v) is 13.2. The largest absolute Gasteiger partial charge is 0.462 e. The molecule has 1 aliphatic carbocycles. The van der Waals surface area contributed by atoms with Gasteiger partial charge in [-0.2, -0.15) is 0 Å². The van der Waals surface area contributed by atoms with Gasteiger partial charge in [0.15, 0.2) is 0 Å². The molecule has 0 unspecified atom stereocenters. The molecule has 2 aromatic rings. The molecular formula is C17H23N3O2. The van der Waals surface area contributed by atoms with Crippen LogP contribution in [0.5, 0.6) is 0 Å². The van der Waals surface area contributed by atoms with Crippen molar-refractivity contribution in [3.63, 3.8) is 0 Å². The molecule has 0 spiro atoms. The van der Waals surface area contributed by atoms with Crippen LogP contribution < -0.4 is 5.32 Å². The Kier molecular flexibility index (Phi) is 4.32. The molecule has 0 aromatic carbocycles. The molecule has 0 aliphatic heterocycles. The summed E-state index contributed by atoms with van der Waals surface area (Å²) in [5.74, 6) is 0.287. The van der Waals surface area contributed by atoms with Crippen molar-refractivity contribution < 1.29 is 9.53 Å². The number of hydrogen-bond donors (Lipinski definition) is 2. The summed E-state index contributed by atoms with van der Waals surface area (Å²) in [6, 6.07) is 2.35. The Bertz CT molecular complexity index is 665. The molecule has 2 aromatic heterocycles. The number of rotatable bonds is 4. The van der Waals surface area contributed by atoms with Crippen molar-refractivity contribution in [2.24, 2.45) is 5.92 Å². The molecule has 118 valence electrons. The minimum Gasteiger partial charge on any atom is -0.462 e. The van der Waals surface area contributed by atoms with Gasteiger partial charge in [-0.05, 0) is 31.7 Å². The molecular weight excluding hydrogens is 278 g/mol. The fourth-order valence-electron chi connectivity index (χ4n) is 3.24.